The van der Waals surface area contributed by atoms with Gasteiger partial charge in [-0.1, -0.05) is 20.8 Å². The second-order valence-corrected chi connectivity index (χ2v) is 4.06. The zero-order valence-corrected chi connectivity index (χ0v) is 7.76. The Hall–Kier alpha value is -0.330. The van der Waals surface area contributed by atoms with Crippen molar-refractivity contribution in [1.82, 2.24) is 0 Å². The van der Waals surface area contributed by atoms with Crippen LogP contribution in [0.1, 0.15) is 40.0 Å². The van der Waals surface area contributed by atoms with Crippen LogP contribution in [0.2, 0.25) is 0 Å². The normalized spacial score (nSPS) is 32.9. The van der Waals surface area contributed by atoms with Crippen LogP contribution >= 0.6 is 0 Å². The monoisotopic (exact) mass is 154 g/mol. The molecule has 0 amide bonds. The van der Waals surface area contributed by atoms with Crippen molar-refractivity contribution in [2.24, 2.45) is 17.8 Å². The minimum atomic E-state index is 0.323. The Bertz CT molecular complexity index is 149. The highest BCUT2D eigenvalue weighted by molar-refractivity contribution is 5.81. The molecule has 2 atom stereocenters. The zero-order valence-electron chi connectivity index (χ0n) is 7.76. The van der Waals surface area contributed by atoms with Crippen LogP contribution in [0, 0.1) is 17.8 Å². The van der Waals surface area contributed by atoms with E-state index in [1.807, 2.05) is 0 Å². The number of hydrogen-bond acceptors (Lipinski definition) is 1. The van der Waals surface area contributed by atoms with Crippen LogP contribution in [0.25, 0.3) is 0 Å². The maximum absolute atomic E-state index is 11.3. The molecule has 0 aromatic carbocycles. The van der Waals surface area contributed by atoms with Gasteiger partial charge in [-0.05, 0) is 24.7 Å². The molecule has 0 radical (unpaired) electrons. The average molecular weight is 154 g/mol. The predicted molar refractivity (Wildman–Crippen MR) is 46.4 cm³/mol. The lowest BCUT2D eigenvalue weighted by atomic mass is 9.74. The molecular weight excluding hydrogens is 136 g/mol. The van der Waals surface area contributed by atoms with Gasteiger partial charge in [0, 0.05) is 12.3 Å². The van der Waals surface area contributed by atoms with Gasteiger partial charge in [-0.3, -0.25) is 4.79 Å². The third-order valence-corrected chi connectivity index (χ3v) is 2.97. The lowest BCUT2D eigenvalue weighted by Gasteiger charge is -2.30. The quantitative estimate of drug-likeness (QED) is 0.567. The Morgan fingerprint density at radius 2 is 2.09 bits per heavy atom. The lowest BCUT2D eigenvalue weighted by molar-refractivity contribution is -0.126. The molecule has 2 unspecified atom stereocenters. The van der Waals surface area contributed by atoms with Gasteiger partial charge < -0.3 is 0 Å². The molecule has 64 valence electrons. The van der Waals surface area contributed by atoms with Crippen LogP contribution in [0.5, 0.6) is 0 Å². The van der Waals surface area contributed by atoms with E-state index in [9.17, 15) is 4.79 Å². The maximum atomic E-state index is 11.3. The summed E-state index contributed by atoms with van der Waals surface area (Å²) in [6.45, 7) is 6.53. The summed E-state index contributed by atoms with van der Waals surface area (Å²) < 4.78 is 0. The third kappa shape index (κ3) is 1.82. The lowest BCUT2D eigenvalue weighted by Crippen LogP contribution is -2.29. The topological polar surface area (TPSA) is 17.1 Å². The van der Waals surface area contributed by atoms with E-state index in [2.05, 4.69) is 20.8 Å². The molecule has 0 saturated heterocycles. The molecule has 1 heteroatoms. The number of hydrogen-bond donors (Lipinski definition) is 0. The second-order valence-electron chi connectivity index (χ2n) is 4.06. The van der Waals surface area contributed by atoms with Gasteiger partial charge >= 0.3 is 0 Å². The van der Waals surface area contributed by atoms with E-state index in [0.29, 0.717) is 23.5 Å². The van der Waals surface area contributed by atoms with Crippen molar-refractivity contribution < 1.29 is 4.79 Å². The number of ketones is 1. The summed E-state index contributed by atoms with van der Waals surface area (Å²) in [5.41, 5.74) is 0. The summed E-state index contributed by atoms with van der Waals surface area (Å²) in [7, 11) is 0. The summed E-state index contributed by atoms with van der Waals surface area (Å²) >= 11 is 0. The summed E-state index contributed by atoms with van der Waals surface area (Å²) in [6, 6.07) is 0. The van der Waals surface area contributed by atoms with Gasteiger partial charge in [0.15, 0.2) is 0 Å². The molecule has 1 aliphatic rings. The Morgan fingerprint density at radius 1 is 1.45 bits per heavy atom. The highest BCUT2D eigenvalue weighted by Gasteiger charge is 2.29. The third-order valence-electron chi connectivity index (χ3n) is 2.97. The van der Waals surface area contributed by atoms with Crippen molar-refractivity contribution in [3.63, 3.8) is 0 Å². The molecule has 1 fully saturated rings. The van der Waals surface area contributed by atoms with Crippen LogP contribution in [0.15, 0.2) is 0 Å². The van der Waals surface area contributed by atoms with Gasteiger partial charge in [-0.2, -0.15) is 0 Å². The second kappa shape index (κ2) is 3.38. The van der Waals surface area contributed by atoms with Crippen molar-refractivity contribution in [3.05, 3.63) is 0 Å². The molecule has 0 heterocycles. The van der Waals surface area contributed by atoms with E-state index in [0.717, 1.165) is 12.8 Å². The molecule has 0 aromatic rings. The minimum Gasteiger partial charge on any atom is -0.299 e. The van der Waals surface area contributed by atoms with Crippen LogP contribution in [-0.2, 0) is 4.79 Å². The first-order valence-corrected chi connectivity index (χ1v) is 4.65. The van der Waals surface area contributed by atoms with E-state index in [4.69, 9.17) is 0 Å². The number of Topliss-reactive ketones (excluding diaryl/α,β-unsaturated/α-hetero) is 1. The van der Waals surface area contributed by atoms with Gasteiger partial charge in [-0.25, -0.2) is 0 Å². The molecule has 0 spiro atoms. The van der Waals surface area contributed by atoms with Crippen LogP contribution in [0.3, 0.4) is 0 Å². The van der Waals surface area contributed by atoms with Crippen LogP contribution in [0.4, 0.5) is 0 Å². The molecule has 1 aliphatic carbocycles. The Labute approximate surface area is 69.2 Å². The predicted octanol–water partition coefficient (Wildman–Crippen LogP) is 2.65. The SMILES string of the molecule is CC(C)C1CCCC(=O)C1C. The van der Waals surface area contributed by atoms with E-state index in [1.165, 1.54) is 6.42 Å². The molecule has 1 saturated carbocycles. The molecule has 1 rings (SSSR count). The fraction of sp³-hybridized carbons (Fsp3) is 0.900. The Morgan fingerprint density at radius 3 is 2.55 bits per heavy atom. The standard InChI is InChI=1S/C10H18O/c1-7(2)9-5-4-6-10(11)8(9)3/h7-9H,4-6H2,1-3H3. The smallest absolute Gasteiger partial charge is 0.135 e. The fourth-order valence-corrected chi connectivity index (χ4v) is 2.14. The first-order valence-electron chi connectivity index (χ1n) is 4.65. The number of rotatable bonds is 1. The van der Waals surface area contributed by atoms with Crippen LogP contribution in [-0.4, -0.2) is 5.78 Å². The van der Waals surface area contributed by atoms with E-state index >= 15 is 0 Å². The summed E-state index contributed by atoms with van der Waals surface area (Å²) in [4.78, 5) is 11.3. The molecule has 0 bridgehead atoms. The average Bonchev–Trinajstić information content (AvgIpc) is 1.94. The Balaban J connectivity index is 2.58. The maximum Gasteiger partial charge on any atom is 0.135 e. The van der Waals surface area contributed by atoms with Crippen LogP contribution < -0.4 is 0 Å². The number of carbonyl (C=O) groups excluding carboxylic acids is 1. The van der Waals surface area contributed by atoms with Crippen molar-refractivity contribution in [2.45, 2.75) is 40.0 Å². The molecular formula is C10H18O. The summed E-state index contributed by atoms with van der Waals surface area (Å²) in [5, 5.41) is 0. The van der Waals surface area contributed by atoms with Gasteiger partial charge in [-0.15, -0.1) is 0 Å². The first kappa shape index (κ1) is 8.76. The largest absolute Gasteiger partial charge is 0.299 e. The highest BCUT2D eigenvalue weighted by Crippen LogP contribution is 2.32. The highest BCUT2D eigenvalue weighted by atomic mass is 16.1. The van der Waals surface area contributed by atoms with Crippen molar-refractivity contribution >= 4 is 5.78 Å². The van der Waals surface area contributed by atoms with E-state index < -0.39 is 0 Å². The Kier molecular flexibility index (Phi) is 2.69. The fourth-order valence-electron chi connectivity index (χ4n) is 2.14. The molecule has 1 nitrogen and oxygen atoms in total. The van der Waals surface area contributed by atoms with Gasteiger partial charge in [0.25, 0.3) is 0 Å². The minimum absolute atomic E-state index is 0.323. The van der Waals surface area contributed by atoms with Crippen molar-refractivity contribution in [1.29, 1.82) is 0 Å². The first-order chi connectivity index (χ1) is 5.13. The van der Waals surface area contributed by atoms with Crippen molar-refractivity contribution in [3.8, 4) is 0 Å². The van der Waals surface area contributed by atoms with Gasteiger partial charge in [0.1, 0.15) is 5.78 Å². The van der Waals surface area contributed by atoms with Crippen molar-refractivity contribution in [2.75, 3.05) is 0 Å². The molecule has 0 N–H and O–H groups in total. The van der Waals surface area contributed by atoms with E-state index in [-0.39, 0.29) is 0 Å². The molecule has 0 aromatic heterocycles. The van der Waals surface area contributed by atoms with E-state index in [1.54, 1.807) is 0 Å². The summed E-state index contributed by atoms with van der Waals surface area (Å²) in [6.07, 6.45) is 3.20. The molecule has 11 heavy (non-hydrogen) atoms. The van der Waals surface area contributed by atoms with Gasteiger partial charge in [0.2, 0.25) is 0 Å². The number of carbonyl (C=O) groups is 1. The zero-order chi connectivity index (χ0) is 8.43. The van der Waals surface area contributed by atoms with Gasteiger partial charge in [0.05, 0.1) is 0 Å². The molecule has 0 aliphatic heterocycles. The summed E-state index contributed by atoms with van der Waals surface area (Å²) in [5.74, 6) is 2.13.